The maximum atomic E-state index is 7.28. The molecule has 0 saturated heterocycles. The molecule has 4 heteroatoms. The lowest BCUT2D eigenvalue weighted by atomic mass is 9.33. The van der Waals surface area contributed by atoms with Crippen LogP contribution in [-0.2, 0) is 27.1 Å². The molecule has 3 nitrogen and oxygen atoms in total. The van der Waals surface area contributed by atoms with E-state index in [2.05, 4.69) is 191 Å². The molecule has 6 aromatic carbocycles. The Hall–Kier alpha value is -5.22. The lowest BCUT2D eigenvalue weighted by Gasteiger charge is -2.47. The molecule has 0 amide bonds. The van der Waals surface area contributed by atoms with Gasteiger partial charge in [0, 0.05) is 39.2 Å². The average Bonchev–Trinajstić information content (AvgIpc) is 3.74. The number of hydrogen-bond donors (Lipinski definition) is 0. The second kappa shape index (κ2) is 14.2. The molecular weight excluding hydrogens is 812 g/mol. The molecule has 1 fully saturated rings. The van der Waals surface area contributed by atoms with E-state index in [1.807, 2.05) is 0 Å². The molecule has 3 aliphatic carbocycles. The van der Waals surface area contributed by atoms with Gasteiger partial charge in [0.25, 0.3) is 6.71 Å². The number of nitrogens with zero attached hydrogens (tertiary/aromatic N) is 2. The van der Waals surface area contributed by atoms with Gasteiger partial charge >= 0.3 is 0 Å². The van der Waals surface area contributed by atoms with Crippen molar-refractivity contribution in [3.8, 4) is 0 Å². The van der Waals surface area contributed by atoms with Gasteiger partial charge in [0.1, 0.15) is 5.58 Å². The fourth-order valence-corrected chi connectivity index (χ4v) is 14.2. The first-order valence-electron chi connectivity index (χ1n) is 25.8. The first-order chi connectivity index (χ1) is 31.6. The Morgan fingerprint density at radius 3 is 1.87 bits per heavy atom. The zero-order chi connectivity index (χ0) is 46.9. The Morgan fingerprint density at radius 1 is 0.552 bits per heavy atom. The van der Waals surface area contributed by atoms with E-state index in [1.54, 1.807) is 0 Å². The number of fused-ring (bicyclic) bond motifs is 10. The van der Waals surface area contributed by atoms with Gasteiger partial charge in [-0.2, -0.15) is 0 Å². The number of rotatable bonds is 3. The Balaban J connectivity index is 1.24. The summed E-state index contributed by atoms with van der Waals surface area (Å²) in [6.07, 6.45) is 9.91. The van der Waals surface area contributed by atoms with Gasteiger partial charge in [0.05, 0.1) is 5.69 Å². The van der Waals surface area contributed by atoms with E-state index in [-0.39, 0.29) is 33.8 Å². The Bertz CT molecular complexity index is 3230. The molecule has 0 spiro atoms. The highest BCUT2D eigenvalue weighted by Crippen LogP contribution is 2.56. The molecule has 0 unspecified atom stereocenters. The quantitative estimate of drug-likeness (QED) is 0.165. The van der Waals surface area contributed by atoms with Crippen molar-refractivity contribution in [1.82, 2.24) is 0 Å². The van der Waals surface area contributed by atoms with E-state index in [9.17, 15) is 0 Å². The van der Waals surface area contributed by atoms with Crippen molar-refractivity contribution in [2.75, 3.05) is 9.80 Å². The molecule has 67 heavy (non-hydrogen) atoms. The summed E-state index contributed by atoms with van der Waals surface area (Å²) in [5, 5.41) is 2.39. The summed E-state index contributed by atoms with van der Waals surface area (Å²) in [7, 11) is 0. The van der Waals surface area contributed by atoms with Crippen LogP contribution in [0.3, 0.4) is 0 Å². The average molecular weight is 883 g/mol. The van der Waals surface area contributed by atoms with Crippen molar-refractivity contribution < 1.29 is 4.42 Å². The van der Waals surface area contributed by atoms with E-state index in [4.69, 9.17) is 4.42 Å². The summed E-state index contributed by atoms with van der Waals surface area (Å²) in [6, 6.07) is 36.8. The van der Waals surface area contributed by atoms with Gasteiger partial charge in [0.2, 0.25) is 0 Å². The number of furan rings is 1. The predicted octanol–water partition coefficient (Wildman–Crippen LogP) is 15.9. The highest BCUT2D eigenvalue weighted by atomic mass is 16.3. The molecule has 12 rings (SSSR count). The minimum Gasteiger partial charge on any atom is -0.454 e. The second-order valence-electron chi connectivity index (χ2n) is 25.5. The minimum absolute atomic E-state index is 0.00722. The lowest BCUT2D eigenvalue weighted by molar-refractivity contribution is 0.332. The molecule has 1 aromatic heterocycles. The highest BCUT2D eigenvalue weighted by Gasteiger charge is 2.50. The molecule has 3 heterocycles. The molecule has 2 aliphatic heterocycles. The van der Waals surface area contributed by atoms with Gasteiger partial charge in [0.15, 0.2) is 5.58 Å². The van der Waals surface area contributed by atoms with Gasteiger partial charge in [-0.3, -0.25) is 0 Å². The van der Waals surface area contributed by atoms with E-state index in [1.165, 1.54) is 151 Å². The fraction of sp³-hybridized carbons (Fsp3) is 0.429. The van der Waals surface area contributed by atoms with E-state index >= 15 is 0 Å². The first-order valence-corrected chi connectivity index (χ1v) is 25.8. The molecular formula is C63H71BN2O. The van der Waals surface area contributed by atoms with Crippen LogP contribution in [-0.4, -0.2) is 6.71 Å². The fourth-order valence-electron chi connectivity index (χ4n) is 14.2. The van der Waals surface area contributed by atoms with Gasteiger partial charge in [-0.25, -0.2) is 0 Å². The molecule has 0 atom stereocenters. The number of hydrogen-bond acceptors (Lipinski definition) is 3. The number of aryl methyl sites for hydroxylation is 2. The summed E-state index contributed by atoms with van der Waals surface area (Å²) in [6.45, 7) is 31.5. The van der Waals surface area contributed by atoms with Crippen LogP contribution in [0.4, 0.5) is 34.1 Å². The van der Waals surface area contributed by atoms with E-state index in [0.717, 1.165) is 17.6 Å². The topological polar surface area (TPSA) is 19.6 Å². The van der Waals surface area contributed by atoms with E-state index in [0.29, 0.717) is 5.92 Å². The standard InChI is InChI=1S/C63H71BN2O/c1-37-19-17-18-22-50(37)66-54-31-40(39-20-15-14-16-21-39)30-53-56(54)64(48-25-24-42-43-32-41(59(3,4)5)23-26-55(43)67-58(42)57(48)66)49-33-45-47(63(12,13)36-62(45,10)11)35-52(49)65(53)51-34-46-44(29-38(51)2)60(6,7)27-28-61(46,8)9/h17-19,22-26,29-35,39H,14-16,20-21,27-28,36H2,1-13H3. The lowest BCUT2D eigenvalue weighted by Crippen LogP contribution is -2.61. The van der Waals surface area contributed by atoms with Crippen LogP contribution in [0, 0.1) is 13.8 Å². The number of anilines is 6. The van der Waals surface area contributed by atoms with Crippen molar-refractivity contribution >= 4 is 79.2 Å². The van der Waals surface area contributed by atoms with E-state index < -0.39 is 0 Å². The van der Waals surface area contributed by atoms with Crippen LogP contribution in [0.5, 0.6) is 0 Å². The highest BCUT2D eigenvalue weighted by molar-refractivity contribution is 7.00. The molecule has 7 aromatic rings. The second-order valence-corrected chi connectivity index (χ2v) is 25.5. The molecule has 0 bridgehead atoms. The van der Waals surface area contributed by atoms with Gasteiger partial charge in [-0.1, -0.05) is 144 Å². The van der Waals surface area contributed by atoms with Crippen molar-refractivity contribution in [3.63, 3.8) is 0 Å². The van der Waals surface area contributed by atoms with Gasteiger partial charge < -0.3 is 14.2 Å². The summed E-state index contributed by atoms with van der Waals surface area (Å²) >= 11 is 0. The Kier molecular flexibility index (Phi) is 9.12. The number of para-hydroxylation sites is 1. The molecule has 342 valence electrons. The zero-order valence-corrected chi connectivity index (χ0v) is 42.8. The zero-order valence-electron chi connectivity index (χ0n) is 42.8. The predicted molar refractivity (Wildman–Crippen MR) is 288 cm³/mol. The van der Waals surface area contributed by atoms with Crippen LogP contribution in [0.1, 0.15) is 178 Å². The summed E-state index contributed by atoms with van der Waals surface area (Å²) in [4.78, 5) is 5.43. The maximum absolute atomic E-state index is 7.28. The van der Waals surface area contributed by atoms with Crippen molar-refractivity contribution in [2.45, 2.75) is 174 Å². The molecule has 1 saturated carbocycles. The van der Waals surface area contributed by atoms with Crippen molar-refractivity contribution in [3.05, 3.63) is 136 Å². The molecule has 0 N–H and O–H groups in total. The first kappa shape index (κ1) is 43.1. The van der Waals surface area contributed by atoms with Crippen molar-refractivity contribution in [1.29, 1.82) is 0 Å². The Morgan fingerprint density at radius 2 is 1.18 bits per heavy atom. The summed E-state index contributed by atoms with van der Waals surface area (Å²) in [5.74, 6) is 0.513. The third-order valence-electron chi connectivity index (χ3n) is 17.9. The summed E-state index contributed by atoms with van der Waals surface area (Å²) < 4.78 is 7.28. The van der Waals surface area contributed by atoms with Crippen LogP contribution in [0.2, 0.25) is 0 Å². The molecule has 0 radical (unpaired) electrons. The maximum Gasteiger partial charge on any atom is 0.252 e. The van der Waals surface area contributed by atoms with Crippen LogP contribution >= 0.6 is 0 Å². The smallest absolute Gasteiger partial charge is 0.252 e. The third-order valence-corrected chi connectivity index (χ3v) is 17.9. The van der Waals surface area contributed by atoms with Gasteiger partial charge in [-0.05, 0) is 182 Å². The largest absolute Gasteiger partial charge is 0.454 e. The van der Waals surface area contributed by atoms with Crippen LogP contribution in [0.25, 0.3) is 21.9 Å². The van der Waals surface area contributed by atoms with Crippen LogP contribution in [0.15, 0.2) is 95.4 Å². The normalized spacial score (nSPS) is 19.9. The summed E-state index contributed by atoms with van der Waals surface area (Å²) in [5.41, 5.74) is 25.6. The van der Waals surface area contributed by atoms with Crippen molar-refractivity contribution in [2.24, 2.45) is 0 Å². The number of benzene rings is 6. The minimum atomic E-state index is 0.00722. The molecule has 5 aliphatic rings. The SMILES string of the molecule is Cc1cc2c(cc1N1c3cc4c(cc3B3c5ccc6c(oc7ccc(C(C)(C)C)cc76)c5N(c5ccccc5C)c5cc(C6CCCCC6)cc1c53)C(C)(C)CC4(C)C)C(C)(C)CCC2(C)C. The van der Waals surface area contributed by atoms with Crippen LogP contribution < -0.4 is 26.2 Å². The monoisotopic (exact) mass is 883 g/mol. The van der Waals surface area contributed by atoms with Gasteiger partial charge in [-0.15, -0.1) is 0 Å². The third kappa shape index (κ3) is 6.29. The Labute approximate surface area is 401 Å².